The first-order valence-corrected chi connectivity index (χ1v) is 11.1. The molecule has 0 spiro atoms. The van der Waals surface area contributed by atoms with Gasteiger partial charge in [-0.3, -0.25) is 9.69 Å². The van der Waals surface area contributed by atoms with Gasteiger partial charge < -0.3 is 14.3 Å². The highest BCUT2D eigenvalue weighted by molar-refractivity contribution is 5.78. The number of amides is 1. The highest BCUT2D eigenvalue weighted by Gasteiger charge is 2.26. The summed E-state index contributed by atoms with van der Waals surface area (Å²) >= 11 is 0. The number of hydrogen-bond acceptors (Lipinski definition) is 4. The number of likely N-dealkylation sites (tertiary alicyclic amines) is 1. The fraction of sp³-hybridized carbons (Fsp3) is 0.280. The molecule has 32 heavy (non-hydrogen) atoms. The van der Waals surface area contributed by atoms with Crippen LogP contribution in [0.4, 0.5) is 0 Å². The Morgan fingerprint density at radius 1 is 1.03 bits per heavy atom. The van der Waals surface area contributed by atoms with E-state index in [1.165, 1.54) is 5.56 Å². The van der Waals surface area contributed by atoms with Crippen LogP contribution in [0.25, 0.3) is 11.5 Å². The number of hydrogen-bond donors (Lipinski definition) is 1. The first-order chi connectivity index (χ1) is 15.8. The van der Waals surface area contributed by atoms with Crippen molar-refractivity contribution in [1.82, 2.24) is 24.6 Å². The normalized spacial score (nSPS) is 15.1. The van der Waals surface area contributed by atoms with Crippen LogP contribution >= 0.6 is 0 Å². The molecule has 5 rings (SSSR count). The monoisotopic (exact) mass is 429 g/mol. The smallest absolute Gasteiger partial charge is 0.223 e. The van der Waals surface area contributed by atoms with E-state index in [1.807, 2.05) is 53.3 Å². The second kappa shape index (κ2) is 9.28. The summed E-state index contributed by atoms with van der Waals surface area (Å²) in [6, 6.07) is 18.0. The van der Waals surface area contributed by atoms with Gasteiger partial charge in [0.2, 0.25) is 5.91 Å². The lowest BCUT2D eigenvalue weighted by molar-refractivity contribution is -0.126. The largest absolute Gasteiger partial charge is 0.467 e. The van der Waals surface area contributed by atoms with Gasteiger partial charge in [-0.05, 0) is 62.3 Å². The quantitative estimate of drug-likeness (QED) is 0.485. The first-order valence-electron chi connectivity index (χ1n) is 11.1. The van der Waals surface area contributed by atoms with Gasteiger partial charge in [-0.1, -0.05) is 18.2 Å². The molecule has 7 heteroatoms. The molecule has 0 saturated carbocycles. The summed E-state index contributed by atoms with van der Waals surface area (Å²) in [5.74, 6) is 2.01. The van der Waals surface area contributed by atoms with Gasteiger partial charge in [-0.2, -0.15) is 5.10 Å². The maximum absolute atomic E-state index is 12.5. The summed E-state index contributed by atoms with van der Waals surface area (Å²) in [7, 11) is 0. The Balaban J connectivity index is 1.24. The van der Waals surface area contributed by atoms with Crippen LogP contribution in [0.1, 0.15) is 24.2 Å². The number of rotatable bonds is 7. The molecule has 1 amide bonds. The standard InChI is InChI=1S/C25H27N5O2/c31-24(26-18-23-9-6-16-32-23)20-10-14-28(15-11-20)19-21-17-27-30(22-7-2-1-3-8-22)25(21)29-12-4-5-13-29/h1-9,12-13,16-17,20H,10-11,14-15,18-19H2,(H,26,31). The predicted molar refractivity (Wildman–Crippen MR) is 121 cm³/mol. The minimum atomic E-state index is 0.0529. The van der Waals surface area contributed by atoms with E-state index in [-0.39, 0.29) is 11.8 Å². The summed E-state index contributed by atoms with van der Waals surface area (Å²) in [6.45, 7) is 3.03. The molecular formula is C25H27N5O2. The van der Waals surface area contributed by atoms with Crippen LogP contribution in [0.3, 0.4) is 0 Å². The number of carbonyl (C=O) groups is 1. The van der Waals surface area contributed by atoms with Gasteiger partial charge in [-0.15, -0.1) is 0 Å². The predicted octanol–water partition coefficient (Wildman–Crippen LogP) is 3.78. The van der Waals surface area contributed by atoms with Gasteiger partial charge >= 0.3 is 0 Å². The minimum absolute atomic E-state index is 0.0529. The molecule has 4 heterocycles. The van der Waals surface area contributed by atoms with Crippen LogP contribution < -0.4 is 5.32 Å². The Bertz CT molecular complexity index is 1120. The maximum Gasteiger partial charge on any atom is 0.223 e. The molecule has 0 bridgehead atoms. The molecule has 0 atom stereocenters. The fourth-order valence-corrected chi connectivity index (χ4v) is 4.32. The second-order valence-corrected chi connectivity index (χ2v) is 8.18. The number of aromatic nitrogens is 3. The van der Waals surface area contributed by atoms with Gasteiger partial charge in [0.15, 0.2) is 0 Å². The van der Waals surface area contributed by atoms with Crippen LogP contribution in [-0.4, -0.2) is 38.2 Å². The zero-order valence-electron chi connectivity index (χ0n) is 17.9. The summed E-state index contributed by atoms with van der Waals surface area (Å²) in [4.78, 5) is 15.0. The van der Waals surface area contributed by atoms with Crippen molar-refractivity contribution in [3.8, 4) is 11.5 Å². The molecule has 0 unspecified atom stereocenters. The molecule has 1 saturated heterocycles. The van der Waals surface area contributed by atoms with Crippen molar-refractivity contribution in [3.05, 3.63) is 90.8 Å². The molecule has 1 fully saturated rings. The molecule has 0 aliphatic carbocycles. The highest BCUT2D eigenvalue weighted by atomic mass is 16.3. The van der Waals surface area contributed by atoms with E-state index in [9.17, 15) is 4.79 Å². The fourth-order valence-electron chi connectivity index (χ4n) is 4.32. The van der Waals surface area contributed by atoms with Crippen LogP contribution in [0, 0.1) is 5.92 Å². The van der Waals surface area contributed by atoms with E-state index in [2.05, 4.69) is 39.3 Å². The lowest BCUT2D eigenvalue weighted by Gasteiger charge is -2.31. The first kappa shape index (κ1) is 20.3. The molecule has 7 nitrogen and oxygen atoms in total. The molecule has 1 aliphatic rings. The number of piperidine rings is 1. The Kier molecular flexibility index (Phi) is 5.89. The topological polar surface area (TPSA) is 68.2 Å². The van der Waals surface area contributed by atoms with Crippen molar-refractivity contribution in [2.45, 2.75) is 25.9 Å². The van der Waals surface area contributed by atoms with Crippen LogP contribution in [0.2, 0.25) is 0 Å². The summed E-state index contributed by atoms with van der Waals surface area (Å²) < 4.78 is 9.40. The van der Waals surface area contributed by atoms with E-state index in [0.29, 0.717) is 6.54 Å². The molecule has 1 aliphatic heterocycles. The van der Waals surface area contributed by atoms with Crippen molar-refractivity contribution < 1.29 is 9.21 Å². The molecule has 164 valence electrons. The van der Waals surface area contributed by atoms with Gasteiger partial charge in [0.1, 0.15) is 11.6 Å². The molecule has 4 aromatic rings. The Hall–Kier alpha value is -3.58. The van der Waals surface area contributed by atoms with Gasteiger partial charge in [-0.25, -0.2) is 4.68 Å². The van der Waals surface area contributed by atoms with Crippen molar-refractivity contribution >= 4 is 5.91 Å². The third-order valence-electron chi connectivity index (χ3n) is 6.04. The number of nitrogens with one attached hydrogen (secondary N) is 1. The number of furan rings is 1. The van der Waals surface area contributed by atoms with Crippen LogP contribution in [-0.2, 0) is 17.9 Å². The van der Waals surface area contributed by atoms with Gasteiger partial charge in [0.25, 0.3) is 0 Å². The van der Waals surface area contributed by atoms with Gasteiger partial charge in [0, 0.05) is 30.4 Å². The maximum atomic E-state index is 12.5. The lowest BCUT2D eigenvalue weighted by atomic mass is 9.95. The SMILES string of the molecule is O=C(NCc1ccco1)C1CCN(Cc2cnn(-c3ccccc3)c2-n2cccc2)CC1. The molecule has 1 aromatic carbocycles. The minimum Gasteiger partial charge on any atom is -0.467 e. The highest BCUT2D eigenvalue weighted by Crippen LogP contribution is 2.24. The number of carbonyl (C=O) groups excluding carboxylic acids is 1. The van der Waals surface area contributed by atoms with E-state index < -0.39 is 0 Å². The molecular weight excluding hydrogens is 402 g/mol. The zero-order chi connectivity index (χ0) is 21.8. The average molecular weight is 430 g/mol. The Morgan fingerprint density at radius 3 is 2.53 bits per heavy atom. The number of benzene rings is 1. The van der Waals surface area contributed by atoms with Crippen LogP contribution in [0.5, 0.6) is 0 Å². The van der Waals surface area contributed by atoms with E-state index in [1.54, 1.807) is 6.26 Å². The zero-order valence-corrected chi connectivity index (χ0v) is 17.9. The Labute approximate surface area is 187 Å². The van der Waals surface area contributed by atoms with Gasteiger partial charge in [0.05, 0.1) is 24.7 Å². The van der Waals surface area contributed by atoms with Crippen molar-refractivity contribution in [3.63, 3.8) is 0 Å². The summed E-state index contributed by atoms with van der Waals surface area (Å²) in [5.41, 5.74) is 2.21. The Morgan fingerprint density at radius 2 is 1.81 bits per heavy atom. The number of para-hydroxylation sites is 1. The van der Waals surface area contributed by atoms with E-state index in [0.717, 1.165) is 49.7 Å². The van der Waals surface area contributed by atoms with E-state index in [4.69, 9.17) is 9.52 Å². The lowest BCUT2D eigenvalue weighted by Crippen LogP contribution is -2.40. The second-order valence-electron chi connectivity index (χ2n) is 8.18. The van der Waals surface area contributed by atoms with E-state index >= 15 is 0 Å². The van der Waals surface area contributed by atoms with Crippen molar-refractivity contribution in [1.29, 1.82) is 0 Å². The average Bonchev–Trinajstić information content (AvgIpc) is 3.60. The third-order valence-corrected chi connectivity index (χ3v) is 6.04. The summed E-state index contributed by atoms with van der Waals surface area (Å²) in [5, 5.41) is 7.70. The molecule has 0 radical (unpaired) electrons. The molecule has 3 aromatic heterocycles. The van der Waals surface area contributed by atoms with Crippen molar-refractivity contribution in [2.24, 2.45) is 5.92 Å². The summed E-state index contributed by atoms with van der Waals surface area (Å²) in [6.07, 6.45) is 9.41. The van der Waals surface area contributed by atoms with Crippen molar-refractivity contribution in [2.75, 3.05) is 13.1 Å². The number of nitrogens with zero attached hydrogens (tertiary/aromatic N) is 4. The van der Waals surface area contributed by atoms with Crippen LogP contribution in [0.15, 0.2) is 83.9 Å². The molecule has 1 N–H and O–H groups in total. The third kappa shape index (κ3) is 4.38.